The molecule has 0 aromatic rings. The maximum atomic E-state index is 12.8. The molecule has 2 unspecified atom stereocenters. The molecular weight excluding hydrogens is 268 g/mol. The summed E-state index contributed by atoms with van der Waals surface area (Å²) in [5.74, 6) is -0.834. The highest BCUT2D eigenvalue weighted by Crippen LogP contribution is 2.40. The summed E-state index contributed by atoms with van der Waals surface area (Å²) in [4.78, 5) is 24.3. The van der Waals surface area contributed by atoms with E-state index in [4.69, 9.17) is 5.73 Å². The van der Waals surface area contributed by atoms with Crippen LogP contribution in [-0.2, 0) is 9.59 Å². The van der Waals surface area contributed by atoms with Crippen molar-refractivity contribution in [3.05, 3.63) is 0 Å². The van der Waals surface area contributed by atoms with Crippen molar-refractivity contribution in [2.75, 3.05) is 6.54 Å². The molecule has 21 heavy (non-hydrogen) atoms. The van der Waals surface area contributed by atoms with E-state index in [1.807, 2.05) is 0 Å². The number of carboxylic acids is 1. The summed E-state index contributed by atoms with van der Waals surface area (Å²) in [6.45, 7) is 2.10. The number of carbonyl (C=O) groups excluding carboxylic acids is 1. The van der Waals surface area contributed by atoms with Crippen LogP contribution in [0.5, 0.6) is 0 Å². The third-order valence-corrected chi connectivity index (χ3v) is 5.68. The fourth-order valence-electron chi connectivity index (χ4n) is 3.89. The number of nitrogens with one attached hydrogen (secondary N) is 1. The molecule has 0 aliphatic heterocycles. The van der Waals surface area contributed by atoms with Gasteiger partial charge in [0.15, 0.2) is 0 Å². The van der Waals surface area contributed by atoms with Gasteiger partial charge in [-0.15, -0.1) is 0 Å². The molecular formula is C16H28N2O3. The monoisotopic (exact) mass is 296 g/mol. The van der Waals surface area contributed by atoms with Gasteiger partial charge in [0, 0.05) is 12.6 Å². The molecule has 2 aliphatic rings. The van der Waals surface area contributed by atoms with Gasteiger partial charge >= 0.3 is 5.97 Å². The maximum absolute atomic E-state index is 12.8. The first-order valence-corrected chi connectivity index (χ1v) is 8.19. The minimum atomic E-state index is -0.837. The highest BCUT2D eigenvalue weighted by atomic mass is 16.4. The smallest absolute Gasteiger partial charge is 0.311 e. The minimum absolute atomic E-state index is 0.0220. The zero-order valence-electron chi connectivity index (χ0n) is 13.0. The van der Waals surface area contributed by atoms with Crippen molar-refractivity contribution < 1.29 is 14.7 Å². The van der Waals surface area contributed by atoms with Crippen molar-refractivity contribution in [3.8, 4) is 0 Å². The summed E-state index contributed by atoms with van der Waals surface area (Å²) in [6, 6.07) is -0.269. The van der Waals surface area contributed by atoms with Crippen molar-refractivity contribution in [2.24, 2.45) is 16.6 Å². The lowest BCUT2D eigenvalue weighted by atomic mass is 9.78. The predicted molar refractivity (Wildman–Crippen MR) is 80.7 cm³/mol. The summed E-state index contributed by atoms with van der Waals surface area (Å²) in [5.41, 5.74) is 4.61. The quantitative estimate of drug-likeness (QED) is 0.692. The summed E-state index contributed by atoms with van der Waals surface area (Å²) in [6.07, 6.45) is 8.26. The Morgan fingerprint density at radius 2 is 1.76 bits per heavy atom. The molecule has 0 radical (unpaired) electrons. The molecule has 4 N–H and O–H groups in total. The lowest BCUT2D eigenvalue weighted by Crippen LogP contribution is -2.53. The highest BCUT2D eigenvalue weighted by molar-refractivity contribution is 5.85. The van der Waals surface area contributed by atoms with Crippen molar-refractivity contribution in [2.45, 2.75) is 70.8 Å². The summed E-state index contributed by atoms with van der Waals surface area (Å²) < 4.78 is 0. The Balaban J connectivity index is 2.10. The predicted octanol–water partition coefficient (Wildman–Crippen LogP) is 2.05. The molecule has 2 saturated carbocycles. The Bertz CT molecular complexity index is 402. The van der Waals surface area contributed by atoms with E-state index < -0.39 is 16.8 Å². The summed E-state index contributed by atoms with van der Waals surface area (Å²) in [7, 11) is 0. The van der Waals surface area contributed by atoms with Crippen LogP contribution in [-0.4, -0.2) is 29.6 Å². The van der Waals surface area contributed by atoms with Crippen LogP contribution in [0.1, 0.15) is 64.7 Å². The summed E-state index contributed by atoms with van der Waals surface area (Å²) >= 11 is 0. The van der Waals surface area contributed by atoms with Crippen LogP contribution in [0.15, 0.2) is 0 Å². The van der Waals surface area contributed by atoms with Crippen molar-refractivity contribution in [1.29, 1.82) is 0 Å². The van der Waals surface area contributed by atoms with Crippen LogP contribution in [0.2, 0.25) is 0 Å². The Labute approximate surface area is 126 Å². The molecule has 2 fully saturated rings. The molecule has 5 heteroatoms. The van der Waals surface area contributed by atoms with Gasteiger partial charge < -0.3 is 16.2 Å². The maximum Gasteiger partial charge on any atom is 0.311 e. The molecule has 2 rings (SSSR count). The van der Waals surface area contributed by atoms with E-state index in [9.17, 15) is 14.7 Å². The Morgan fingerprint density at radius 3 is 2.29 bits per heavy atom. The van der Waals surface area contributed by atoms with Crippen LogP contribution in [0.25, 0.3) is 0 Å². The molecule has 0 spiro atoms. The SMILES string of the molecule is CC1(C(=O)O)CCCC1NC(=O)C1(CN)CCCCCC1. The number of aliphatic carboxylic acids is 1. The van der Waals surface area contributed by atoms with Gasteiger partial charge in [-0.05, 0) is 32.6 Å². The first-order valence-electron chi connectivity index (χ1n) is 8.19. The number of hydrogen-bond acceptors (Lipinski definition) is 3. The van der Waals surface area contributed by atoms with Crippen LogP contribution in [0.4, 0.5) is 0 Å². The Kier molecular flexibility index (Phi) is 4.91. The molecule has 2 aliphatic carbocycles. The fourth-order valence-corrected chi connectivity index (χ4v) is 3.89. The first kappa shape index (κ1) is 16.3. The van der Waals surface area contributed by atoms with Crippen molar-refractivity contribution in [3.63, 3.8) is 0 Å². The van der Waals surface area contributed by atoms with Crippen molar-refractivity contribution >= 4 is 11.9 Å². The lowest BCUT2D eigenvalue weighted by molar-refractivity contribution is -0.149. The lowest BCUT2D eigenvalue weighted by Gasteiger charge is -2.34. The van der Waals surface area contributed by atoms with E-state index in [0.717, 1.165) is 51.4 Å². The van der Waals surface area contributed by atoms with Crippen LogP contribution in [0.3, 0.4) is 0 Å². The van der Waals surface area contributed by atoms with E-state index >= 15 is 0 Å². The van der Waals surface area contributed by atoms with Gasteiger partial charge in [-0.1, -0.05) is 32.1 Å². The van der Waals surface area contributed by atoms with Gasteiger partial charge in [-0.3, -0.25) is 9.59 Å². The largest absolute Gasteiger partial charge is 0.481 e. The molecule has 1 amide bonds. The number of hydrogen-bond donors (Lipinski definition) is 3. The molecule has 2 atom stereocenters. The normalized spacial score (nSPS) is 32.4. The van der Waals surface area contributed by atoms with Crippen LogP contribution >= 0.6 is 0 Å². The third kappa shape index (κ3) is 3.07. The summed E-state index contributed by atoms with van der Waals surface area (Å²) in [5, 5.41) is 12.5. The van der Waals surface area contributed by atoms with Crippen LogP contribution in [0, 0.1) is 10.8 Å². The van der Waals surface area contributed by atoms with Gasteiger partial charge in [-0.25, -0.2) is 0 Å². The van der Waals surface area contributed by atoms with E-state index in [-0.39, 0.29) is 11.9 Å². The number of carboxylic acid groups (broad SMARTS) is 1. The molecule has 120 valence electrons. The van der Waals surface area contributed by atoms with Gasteiger partial charge in [0.05, 0.1) is 10.8 Å². The standard InChI is InChI=1S/C16H28N2O3/c1-15(14(20)21)8-6-7-12(15)18-13(19)16(11-17)9-4-2-3-5-10-16/h12H,2-11,17H2,1H3,(H,18,19)(H,20,21). The number of rotatable bonds is 4. The van der Waals surface area contributed by atoms with Gasteiger partial charge in [0.1, 0.15) is 0 Å². The topological polar surface area (TPSA) is 92.4 Å². The van der Waals surface area contributed by atoms with E-state index in [1.165, 1.54) is 0 Å². The van der Waals surface area contributed by atoms with E-state index in [0.29, 0.717) is 13.0 Å². The highest BCUT2D eigenvalue weighted by Gasteiger charge is 2.48. The second-order valence-corrected chi connectivity index (χ2v) is 7.04. The third-order valence-electron chi connectivity index (χ3n) is 5.68. The first-order chi connectivity index (χ1) is 9.94. The van der Waals surface area contributed by atoms with E-state index in [1.54, 1.807) is 6.92 Å². The number of nitrogens with two attached hydrogens (primary N) is 1. The number of carbonyl (C=O) groups is 2. The molecule has 0 saturated heterocycles. The Hall–Kier alpha value is -1.10. The average molecular weight is 296 g/mol. The second kappa shape index (κ2) is 6.34. The second-order valence-electron chi connectivity index (χ2n) is 7.04. The van der Waals surface area contributed by atoms with Crippen molar-refractivity contribution in [1.82, 2.24) is 5.32 Å². The average Bonchev–Trinajstić information content (AvgIpc) is 2.70. The van der Waals surface area contributed by atoms with E-state index in [2.05, 4.69) is 5.32 Å². The van der Waals surface area contributed by atoms with Gasteiger partial charge in [0.2, 0.25) is 5.91 Å². The molecule has 0 aromatic carbocycles. The molecule has 5 nitrogen and oxygen atoms in total. The van der Waals surface area contributed by atoms with Crippen LogP contribution < -0.4 is 11.1 Å². The molecule has 0 bridgehead atoms. The number of amides is 1. The molecule has 0 aromatic heterocycles. The fraction of sp³-hybridized carbons (Fsp3) is 0.875. The van der Waals surface area contributed by atoms with Gasteiger partial charge in [-0.2, -0.15) is 0 Å². The van der Waals surface area contributed by atoms with Gasteiger partial charge in [0.25, 0.3) is 0 Å². The zero-order valence-corrected chi connectivity index (χ0v) is 13.0. The zero-order chi connectivity index (χ0) is 15.5. The molecule has 0 heterocycles. The Morgan fingerprint density at radius 1 is 1.14 bits per heavy atom. The minimum Gasteiger partial charge on any atom is -0.481 e.